The van der Waals surface area contributed by atoms with Crippen molar-refractivity contribution in [1.82, 2.24) is 5.32 Å². The highest BCUT2D eigenvalue weighted by atomic mass is 19.1. The number of aliphatic hydroxyl groups is 1. The quantitative estimate of drug-likeness (QED) is 0.312. The normalized spacial score (nSPS) is 13.4. The highest BCUT2D eigenvalue weighted by molar-refractivity contribution is 5.90. The molecule has 0 radical (unpaired) electrons. The molecular formula is C30H36FNO4. The van der Waals surface area contributed by atoms with E-state index < -0.39 is 17.6 Å². The van der Waals surface area contributed by atoms with Crippen molar-refractivity contribution in [3.8, 4) is 11.1 Å². The first kappa shape index (κ1) is 27.5. The monoisotopic (exact) mass is 493 g/mol. The summed E-state index contributed by atoms with van der Waals surface area (Å²) in [6.07, 6.45) is -0.528. The third-order valence-corrected chi connectivity index (χ3v) is 6.36. The fourth-order valence-electron chi connectivity index (χ4n) is 4.32. The van der Waals surface area contributed by atoms with E-state index in [1.54, 1.807) is 19.1 Å². The van der Waals surface area contributed by atoms with Crippen LogP contribution in [0.15, 0.2) is 60.7 Å². The van der Waals surface area contributed by atoms with Crippen LogP contribution in [0.1, 0.15) is 59.5 Å². The lowest BCUT2D eigenvalue weighted by molar-refractivity contribution is -0.00398. The molecule has 0 aromatic heterocycles. The highest BCUT2D eigenvalue weighted by Gasteiger charge is 2.22. The van der Waals surface area contributed by atoms with Gasteiger partial charge in [0.2, 0.25) is 0 Å². The SMILES string of the molecule is Cc1ccc(CC(C)(C)NCC(O)COC(C)c2ccccc2-c2ccc(C(=O)O)c(C)c2)c(F)c1. The van der Waals surface area contributed by atoms with Crippen LogP contribution >= 0.6 is 0 Å². The van der Waals surface area contributed by atoms with E-state index in [-0.39, 0.29) is 24.1 Å². The Labute approximate surface area is 213 Å². The van der Waals surface area contributed by atoms with E-state index in [1.807, 2.05) is 70.2 Å². The molecule has 0 aliphatic heterocycles. The maximum absolute atomic E-state index is 14.3. The number of hydrogen-bond acceptors (Lipinski definition) is 4. The molecule has 36 heavy (non-hydrogen) atoms. The van der Waals surface area contributed by atoms with E-state index in [1.165, 1.54) is 6.07 Å². The maximum atomic E-state index is 14.3. The van der Waals surface area contributed by atoms with Crippen LogP contribution in [0.2, 0.25) is 0 Å². The van der Waals surface area contributed by atoms with Crippen molar-refractivity contribution in [3.05, 3.63) is 94.3 Å². The predicted molar refractivity (Wildman–Crippen MR) is 141 cm³/mol. The standard InChI is InChI=1S/C30H36FNO4/c1-19-10-11-23(28(31)14-19)16-30(4,5)32-17-24(33)18-36-21(3)26-8-6-7-9-27(26)22-12-13-25(29(34)35)20(2)15-22/h6-15,21,24,32-33H,16-18H2,1-5H3,(H,34,35). The fraction of sp³-hybridized carbons (Fsp3) is 0.367. The number of benzene rings is 3. The number of aromatic carboxylic acids is 1. The number of rotatable bonds is 11. The van der Waals surface area contributed by atoms with Gasteiger partial charge in [0, 0.05) is 12.1 Å². The maximum Gasteiger partial charge on any atom is 0.335 e. The number of β-amino-alcohol motifs (C(OH)–C–C–N with tert-alkyl or cyclic N) is 1. The molecule has 3 aromatic carbocycles. The fourth-order valence-corrected chi connectivity index (χ4v) is 4.32. The molecular weight excluding hydrogens is 457 g/mol. The lowest BCUT2D eigenvalue weighted by atomic mass is 9.93. The summed E-state index contributed by atoms with van der Waals surface area (Å²) in [7, 11) is 0. The van der Waals surface area contributed by atoms with Crippen molar-refractivity contribution in [2.75, 3.05) is 13.2 Å². The molecule has 3 rings (SSSR count). The smallest absolute Gasteiger partial charge is 0.335 e. The Hall–Kier alpha value is -3.06. The highest BCUT2D eigenvalue weighted by Crippen LogP contribution is 2.31. The molecule has 0 fully saturated rings. The van der Waals surface area contributed by atoms with Crippen molar-refractivity contribution in [2.45, 2.75) is 58.8 Å². The van der Waals surface area contributed by atoms with Crippen LogP contribution in [0, 0.1) is 19.7 Å². The number of nitrogens with one attached hydrogen (secondary N) is 1. The van der Waals surface area contributed by atoms with Crippen molar-refractivity contribution < 1.29 is 24.1 Å². The van der Waals surface area contributed by atoms with Crippen LogP contribution in [-0.4, -0.2) is 41.0 Å². The van der Waals surface area contributed by atoms with Crippen LogP contribution in [0.4, 0.5) is 4.39 Å². The van der Waals surface area contributed by atoms with Gasteiger partial charge < -0.3 is 20.3 Å². The number of ether oxygens (including phenoxy) is 1. The van der Waals surface area contributed by atoms with Crippen molar-refractivity contribution in [3.63, 3.8) is 0 Å². The first-order valence-electron chi connectivity index (χ1n) is 12.2. The van der Waals surface area contributed by atoms with Gasteiger partial charge in [0.15, 0.2) is 0 Å². The van der Waals surface area contributed by atoms with E-state index >= 15 is 0 Å². The minimum atomic E-state index is -0.946. The molecule has 0 spiro atoms. The summed E-state index contributed by atoms with van der Waals surface area (Å²) in [5.41, 5.74) is 4.92. The van der Waals surface area contributed by atoms with Gasteiger partial charge in [-0.1, -0.05) is 48.5 Å². The van der Waals surface area contributed by atoms with E-state index in [9.17, 15) is 19.4 Å². The lowest BCUT2D eigenvalue weighted by Crippen LogP contribution is -2.46. The number of aryl methyl sites for hydroxylation is 2. The number of carbonyl (C=O) groups is 1. The number of halogens is 1. The van der Waals surface area contributed by atoms with Gasteiger partial charge in [-0.2, -0.15) is 0 Å². The third-order valence-electron chi connectivity index (χ3n) is 6.36. The molecule has 5 nitrogen and oxygen atoms in total. The predicted octanol–water partition coefficient (Wildman–Crippen LogP) is 5.86. The Morgan fingerprint density at radius 2 is 1.81 bits per heavy atom. The average Bonchev–Trinajstić information content (AvgIpc) is 2.82. The molecule has 0 amide bonds. The minimum absolute atomic E-state index is 0.133. The summed E-state index contributed by atoms with van der Waals surface area (Å²) < 4.78 is 20.3. The second-order valence-electron chi connectivity index (χ2n) is 10.1. The Kier molecular flexibility index (Phi) is 9.01. The van der Waals surface area contributed by atoms with Gasteiger partial charge in [-0.3, -0.25) is 0 Å². The zero-order valence-corrected chi connectivity index (χ0v) is 21.6. The van der Waals surface area contributed by atoms with E-state index in [4.69, 9.17) is 4.74 Å². The Balaban J connectivity index is 1.59. The summed E-state index contributed by atoms with van der Waals surface area (Å²) >= 11 is 0. The Morgan fingerprint density at radius 3 is 2.47 bits per heavy atom. The molecule has 0 heterocycles. The van der Waals surface area contributed by atoms with Crippen molar-refractivity contribution in [2.24, 2.45) is 0 Å². The molecule has 3 aromatic rings. The van der Waals surface area contributed by atoms with Crippen LogP contribution < -0.4 is 5.32 Å². The molecule has 0 bridgehead atoms. The average molecular weight is 494 g/mol. The number of aliphatic hydroxyl groups excluding tert-OH is 1. The van der Waals surface area contributed by atoms with Gasteiger partial charge in [-0.15, -0.1) is 0 Å². The lowest BCUT2D eigenvalue weighted by Gasteiger charge is -2.28. The van der Waals surface area contributed by atoms with Crippen LogP contribution in [0.25, 0.3) is 11.1 Å². The summed E-state index contributed by atoms with van der Waals surface area (Å²) in [6.45, 7) is 9.99. The molecule has 3 N–H and O–H groups in total. The van der Waals surface area contributed by atoms with Gasteiger partial charge in [0.25, 0.3) is 0 Å². The van der Waals surface area contributed by atoms with E-state index in [2.05, 4.69) is 5.32 Å². The van der Waals surface area contributed by atoms with Gasteiger partial charge in [-0.05, 0) is 86.6 Å². The zero-order valence-electron chi connectivity index (χ0n) is 21.6. The van der Waals surface area contributed by atoms with E-state index in [0.717, 1.165) is 22.3 Å². The summed E-state index contributed by atoms with van der Waals surface area (Å²) in [6, 6.07) is 18.4. The summed E-state index contributed by atoms with van der Waals surface area (Å²) in [5, 5.41) is 23.2. The largest absolute Gasteiger partial charge is 0.478 e. The van der Waals surface area contributed by atoms with Crippen molar-refractivity contribution in [1.29, 1.82) is 0 Å². The molecule has 0 aliphatic carbocycles. The Morgan fingerprint density at radius 1 is 1.08 bits per heavy atom. The molecule has 2 atom stereocenters. The topological polar surface area (TPSA) is 78.8 Å². The van der Waals surface area contributed by atoms with Crippen LogP contribution in [0.3, 0.4) is 0 Å². The van der Waals surface area contributed by atoms with Gasteiger partial charge >= 0.3 is 5.97 Å². The second kappa shape index (κ2) is 11.8. The zero-order chi connectivity index (χ0) is 26.5. The van der Waals surface area contributed by atoms with Gasteiger partial charge in [0.05, 0.1) is 24.4 Å². The van der Waals surface area contributed by atoms with Gasteiger partial charge in [-0.25, -0.2) is 9.18 Å². The van der Waals surface area contributed by atoms with Crippen molar-refractivity contribution >= 4 is 5.97 Å². The van der Waals surface area contributed by atoms with E-state index in [0.29, 0.717) is 24.1 Å². The summed E-state index contributed by atoms with van der Waals surface area (Å²) in [5.74, 6) is -1.16. The molecule has 0 saturated heterocycles. The molecule has 6 heteroatoms. The Bertz CT molecular complexity index is 1210. The molecule has 0 saturated carbocycles. The van der Waals surface area contributed by atoms with Crippen LogP contribution in [-0.2, 0) is 11.2 Å². The van der Waals surface area contributed by atoms with Gasteiger partial charge in [0.1, 0.15) is 5.82 Å². The first-order chi connectivity index (χ1) is 17.0. The summed E-state index contributed by atoms with van der Waals surface area (Å²) in [4.78, 5) is 11.4. The molecule has 2 unspecified atom stereocenters. The minimum Gasteiger partial charge on any atom is -0.478 e. The molecule has 192 valence electrons. The van der Waals surface area contributed by atoms with Crippen LogP contribution in [0.5, 0.6) is 0 Å². The second-order valence-corrected chi connectivity index (χ2v) is 10.1. The third kappa shape index (κ3) is 7.23. The first-order valence-corrected chi connectivity index (χ1v) is 12.2. The number of carboxylic acids is 1. The molecule has 0 aliphatic rings. The number of carboxylic acid groups (broad SMARTS) is 1. The number of hydrogen-bond donors (Lipinski definition) is 3.